The van der Waals surface area contributed by atoms with Crippen LogP contribution in [0, 0.1) is 5.92 Å². The molecule has 204 valence electrons. The van der Waals surface area contributed by atoms with Gasteiger partial charge in [0.2, 0.25) is 5.95 Å². The number of benzene rings is 1. The average Bonchev–Trinajstić information content (AvgIpc) is 3.23. The summed E-state index contributed by atoms with van der Waals surface area (Å²) in [7, 11) is 0. The van der Waals surface area contributed by atoms with E-state index < -0.39 is 6.23 Å². The third-order valence-corrected chi connectivity index (χ3v) is 7.55. The third-order valence-electron chi connectivity index (χ3n) is 7.55. The number of aromatic nitrogens is 4. The molecule has 38 heavy (non-hydrogen) atoms. The Morgan fingerprint density at radius 2 is 1.74 bits per heavy atom. The Hall–Kier alpha value is -3.28. The molecule has 1 unspecified atom stereocenters. The fourth-order valence-electron chi connectivity index (χ4n) is 5.44. The van der Waals surface area contributed by atoms with E-state index in [1.54, 1.807) is 6.20 Å². The SMILES string of the molecule is O=c1[nH]ncc2nc(N3CCCCCC3)nc(Nc3ccc(N4CCC(CC(O)NCCO)CC4)cc3)c12. The number of hydrogen-bond donors (Lipinski definition) is 5. The summed E-state index contributed by atoms with van der Waals surface area (Å²) in [6.45, 7) is 4.12. The standard InChI is InChI=1S/C27H38N8O3/c36-16-11-28-23(37)17-19-9-14-34(15-10-19)21-7-5-20(6-8-21)30-25-24-22(18-29-33-26(24)38)31-27(32-25)35-12-3-1-2-4-13-35/h5-8,18-19,23,28,36-37H,1-4,9-17H2,(H,33,38)(H,30,31,32). The summed E-state index contributed by atoms with van der Waals surface area (Å²) in [5.74, 6) is 1.58. The molecule has 11 nitrogen and oxygen atoms in total. The Labute approximate surface area is 222 Å². The van der Waals surface area contributed by atoms with E-state index in [9.17, 15) is 9.90 Å². The van der Waals surface area contributed by atoms with Crippen molar-refractivity contribution in [3.63, 3.8) is 0 Å². The lowest BCUT2D eigenvalue weighted by molar-refractivity contribution is 0.0957. The summed E-state index contributed by atoms with van der Waals surface area (Å²) in [6.07, 6.45) is 8.40. The molecule has 2 saturated heterocycles. The minimum absolute atomic E-state index is 0.0289. The van der Waals surface area contributed by atoms with Crippen LogP contribution in [-0.2, 0) is 0 Å². The molecule has 3 aromatic rings. The average molecular weight is 523 g/mol. The van der Waals surface area contributed by atoms with Crippen LogP contribution in [0.25, 0.3) is 10.9 Å². The number of nitrogens with one attached hydrogen (secondary N) is 3. The predicted octanol–water partition coefficient (Wildman–Crippen LogP) is 2.34. The zero-order valence-electron chi connectivity index (χ0n) is 21.8. The molecule has 0 spiro atoms. The Morgan fingerprint density at radius 3 is 2.45 bits per heavy atom. The van der Waals surface area contributed by atoms with Gasteiger partial charge < -0.3 is 25.3 Å². The normalized spacial score (nSPS) is 17.9. The molecule has 5 N–H and O–H groups in total. The maximum absolute atomic E-state index is 12.6. The highest BCUT2D eigenvalue weighted by Gasteiger charge is 2.22. The molecule has 2 aliphatic heterocycles. The van der Waals surface area contributed by atoms with Gasteiger partial charge in [0.1, 0.15) is 22.9 Å². The van der Waals surface area contributed by atoms with Gasteiger partial charge in [-0.05, 0) is 62.3 Å². The zero-order chi connectivity index (χ0) is 26.3. The molecule has 4 heterocycles. The van der Waals surface area contributed by atoms with Gasteiger partial charge in [0.15, 0.2) is 0 Å². The molecular weight excluding hydrogens is 484 g/mol. The first kappa shape index (κ1) is 26.3. The second-order valence-electron chi connectivity index (χ2n) is 10.3. The van der Waals surface area contributed by atoms with E-state index in [2.05, 4.69) is 47.7 Å². The van der Waals surface area contributed by atoms with Gasteiger partial charge >= 0.3 is 0 Å². The molecule has 0 saturated carbocycles. The van der Waals surface area contributed by atoms with Crippen molar-refractivity contribution >= 4 is 34.0 Å². The summed E-state index contributed by atoms with van der Waals surface area (Å²) < 4.78 is 0. The van der Waals surface area contributed by atoms with Crippen molar-refractivity contribution in [2.24, 2.45) is 5.92 Å². The topological polar surface area (TPSA) is 143 Å². The van der Waals surface area contributed by atoms with E-state index in [1.807, 2.05) is 12.1 Å². The fourth-order valence-corrected chi connectivity index (χ4v) is 5.44. The van der Waals surface area contributed by atoms with Gasteiger partial charge in [0.25, 0.3) is 5.56 Å². The lowest BCUT2D eigenvalue weighted by Crippen LogP contribution is -2.38. The number of aliphatic hydroxyl groups is 2. The molecule has 2 aliphatic rings. The predicted molar refractivity (Wildman–Crippen MR) is 149 cm³/mol. The molecular formula is C27H38N8O3. The summed E-state index contributed by atoms with van der Waals surface area (Å²) in [6, 6.07) is 8.20. The van der Waals surface area contributed by atoms with Crippen LogP contribution in [0.15, 0.2) is 35.3 Å². The molecule has 0 amide bonds. The fraction of sp³-hybridized carbons (Fsp3) is 0.556. The van der Waals surface area contributed by atoms with Crippen molar-refractivity contribution in [1.82, 2.24) is 25.5 Å². The van der Waals surface area contributed by atoms with Crippen LogP contribution in [0.3, 0.4) is 0 Å². The third kappa shape index (κ3) is 6.40. The van der Waals surface area contributed by atoms with Gasteiger partial charge in [-0.25, -0.2) is 10.1 Å². The zero-order valence-corrected chi connectivity index (χ0v) is 21.8. The van der Waals surface area contributed by atoms with Crippen LogP contribution in [0.5, 0.6) is 0 Å². The number of H-pyrrole nitrogens is 1. The molecule has 0 radical (unpaired) electrons. The molecule has 1 aromatic carbocycles. The highest BCUT2D eigenvalue weighted by atomic mass is 16.3. The molecule has 11 heteroatoms. The second kappa shape index (κ2) is 12.5. The Kier molecular flexibility index (Phi) is 8.67. The number of rotatable bonds is 9. The van der Waals surface area contributed by atoms with Crippen LogP contribution < -0.4 is 26.0 Å². The lowest BCUT2D eigenvalue weighted by Gasteiger charge is -2.34. The largest absolute Gasteiger partial charge is 0.395 e. The van der Waals surface area contributed by atoms with E-state index in [0.29, 0.717) is 41.6 Å². The van der Waals surface area contributed by atoms with Gasteiger partial charge in [-0.2, -0.15) is 10.1 Å². The Balaban J connectivity index is 1.27. The molecule has 2 aromatic heterocycles. The van der Waals surface area contributed by atoms with Crippen LogP contribution >= 0.6 is 0 Å². The highest BCUT2D eigenvalue weighted by molar-refractivity contribution is 5.90. The van der Waals surface area contributed by atoms with Crippen molar-refractivity contribution in [3.05, 3.63) is 40.8 Å². The number of hydrogen-bond acceptors (Lipinski definition) is 10. The number of piperidine rings is 1. The van der Waals surface area contributed by atoms with Gasteiger partial charge in [0.05, 0.1) is 12.8 Å². The van der Waals surface area contributed by atoms with Crippen LogP contribution in [-0.4, -0.2) is 75.9 Å². The second-order valence-corrected chi connectivity index (χ2v) is 10.3. The van der Waals surface area contributed by atoms with Crippen LogP contribution in [0.1, 0.15) is 44.9 Å². The smallest absolute Gasteiger partial charge is 0.277 e. The summed E-state index contributed by atoms with van der Waals surface area (Å²) in [5.41, 5.74) is 2.21. The summed E-state index contributed by atoms with van der Waals surface area (Å²) in [4.78, 5) is 26.7. The van der Waals surface area contributed by atoms with E-state index in [4.69, 9.17) is 10.1 Å². The van der Waals surface area contributed by atoms with Gasteiger partial charge in [-0.3, -0.25) is 10.1 Å². The molecule has 1 atom stereocenters. The van der Waals surface area contributed by atoms with Crippen LogP contribution in [0.4, 0.5) is 23.1 Å². The first-order valence-corrected chi connectivity index (χ1v) is 13.8. The van der Waals surface area contributed by atoms with Gasteiger partial charge in [0, 0.05) is 44.1 Å². The van der Waals surface area contributed by atoms with Gasteiger partial charge in [-0.15, -0.1) is 0 Å². The number of anilines is 4. The van der Waals surface area contributed by atoms with Gasteiger partial charge in [-0.1, -0.05) is 12.8 Å². The summed E-state index contributed by atoms with van der Waals surface area (Å²) >= 11 is 0. The lowest BCUT2D eigenvalue weighted by atomic mass is 9.92. The van der Waals surface area contributed by atoms with Crippen molar-refractivity contribution in [2.75, 3.05) is 54.4 Å². The van der Waals surface area contributed by atoms with Crippen molar-refractivity contribution < 1.29 is 10.2 Å². The maximum Gasteiger partial charge on any atom is 0.277 e. The molecule has 5 rings (SSSR count). The summed E-state index contributed by atoms with van der Waals surface area (Å²) in [5, 5.41) is 32.1. The van der Waals surface area contributed by atoms with Crippen molar-refractivity contribution in [3.8, 4) is 0 Å². The number of aliphatic hydroxyl groups excluding tert-OH is 2. The molecule has 0 aliphatic carbocycles. The maximum atomic E-state index is 12.6. The monoisotopic (exact) mass is 522 g/mol. The quantitative estimate of drug-likeness (QED) is 0.266. The van der Waals surface area contributed by atoms with E-state index in [0.717, 1.165) is 63.2 Å². The number of fused-ring (bicyclic) bond motifs is 1. The van der Waals surface area contributed by atoms with E-state index in [1.165, 1.54) is 12.8 Å². The van der Waals surface area contributed by atoms with Crippen molar-refractivity contribution in [2.45, 2.75) is 51.2 Å². The van der Waals surface area contributed by atoms with Crippen molar-refractivity contribution in [1.29, 1.82) is 0 Å². The Bertz CT molecular complexity index is 1240. The minimum Gasteiger partial charge on any atom is -0.395 e. The van der Waals surface area contributed by atoms with Crippen LogP contribution in [0.2, 0.25) is 0 Å². The Morgan fingerprint density at radius 1 is 1.00 bits per heavy atom. The number of aromatic amines is 1. The number of nitrogens with zero attached hydrogens (tertiary/aromatic N) is 5. The molecule has 2 fully saturated rings. The first-order chi connectivity index (χ1) is 18.6. The minimum atomic E-state index is -0.565. The molecule has 0 bridgehead atoms. The first-order valence-electron chi connectivity index (χ1n) is 13.8. The van der Waals surface area contributed by atoms with E-state index >= 15 is 0 Å². The highest BCUT2D eigenvalue weighted by Crippen LogP contribution is 2.29. The van der Waals surface area contributed by atoms with E-state index in [-0.39, 0.29) is 12.2 Å².